The van der Waals surface area contributed by atoms with Crippen LogP contribution in [0.3, 0.4) is 0 Å². The molecule has 0 saturated heterocycles. The van der Waals surface area contributed by atoms with E-state index in [0.29, 0.717) is 23.4 Å². The number of nitrogens with two attached hydrogens (primary N) is 1. The van der Waals surface area contributed by atoms with Gasteiger partial charge in [0.25, 0.3) is 5.91 Å². The molecule has 41 heavy (non-hydrogen) atoms. The van der Waals surface area contributed by atoms with Gasteiger partial charge in [0, 0.05) is 19.4 Å². The molecule has 1 heterocycles. The summed E-state index contributed by atoms with van der Waals surface area (Å²) in [6.07, 6.45) is -2.44. The zero-order chi connectivity index (χ0) is 30.2. The van der Waals surface area contributed by atoms with Crippen molar-refractivity contribution in [1.29, 1.82) is 0 Å². The molecule has 0 aliphatic carbocycles. The van der Waals surface area contributed by atoms with E-state index in [1.54, 1.807) is 46.8 Å². The number of ether oxygens (including phenoxy) is 2. The molecule has 2 aromatic carbocycles. The minimum atomic E-state index is -1.29. The first-order chi connectivity index (χ1) is 19.3. The van der Waals surface area contributed by atoms with Crippen LogP contribution in [0.2, 0.25) is 0 Å². The summed E-state index contributed by atoms with van der Waals surface area (Å²) in [5.74, 6) is -0.0440. The first kappa shape index (κ1) is 30.9. The van der Waals surface area contributed by atoms with E-state index < -0.39 is 35.8 Å². The Hall–Kier alpha value is -4.61. The molecule has 0 fully saturated rings. The van der Waals surface area contributed by atoms with Crippen molar-refractivity contribution in [2.24, 2.45) is 5.73 Å². The topological polar surface area (TPSA) is 179 Å². The largest absolute Gasteiger partial charge is 0.508 e. The summed E-state index contributed by atoms with van der Waals surface area (Å²) in [4.78, 5) is 41.8. The van der Waals surface area contributed by atoms with Crippen LogP contribution in [0, 0.1) is 13.8 Å². The fourth-order valence-electron chi connectivity index (χ4n) is 4.22. The van der Waals surface area contributed by atoms with Gasteiger partial charge in [0.2, 0.25) is 5.89 Å². The first-order valence-electron chi connectivity index (χ1n) is 13.2. The fraction of sp³-hybridized carbons (Fsp3) is 0.414. The van der Waals surface area contributed by atoms with E-state index in [1.165, 1.54) is 0 Å². The number of aromatic hydroxyl groups is 1. The highest BCUT2D eigenvalue weighted by Gasteiger charge is 2.29. The third kappa shape index (κ3) is 9.82. The van der Waals surface area contributed by atoms with Crippen LogP contribution in [-0.4, -0.2) is 51.6 Å². The van der Waals surface area contributed by atoms with Gasteiger partial charge in [-0.2, -0.15) is 4.98 Å². The van der Waals surface area contributed by atoms with Gasteiger partial charge in [-0.15, -0.1) is 0 Å². The summed E-state index contributed by atoms with van der Waals surface area (Å²) in [7, 11) is 0. The average molecular weight is 568 g/mol. The number of nitrogens with zero attached hydrogens (tertiary/aromatic N) is 2. The summed E-state index contributed by atoms with van der Waals surface area (Å²) in [6.45, 7) is 8.90. The van der Waals surface area contributed by atoms with Crippen molar-refractivity contribution in [1.82, 2.24) is 20.8 Å². The van der Waals surface area contributed by atoms with E-state index in [4.69, 9.17) is 19.7 Å². The molecule has 0 aliphatic heterocycles. The molecule has 0 saturated carbocycles. The molecule has 3 amide bonds. The summed E-state index contributed by atoms with van der Waals surface area (Å²) in [5.41, 5.74) is 7.73. The number of phenols is 1. The molecule has 0 unspecified atom stereocenters. The SMILES string of the molecule is Cc1cc(O)cc(C)c1C[C@H](OC(N)=O)C(=O)N[C@@H](CCNC(=O)OC(C)(C)C)c1nc(Cc2ccccc2)no1. The van der Waals surface area contributed by atoms with Crippen molar-refractivity contribution < 1.29 is 33.5 Å². The van der Waals surface area contributed by atoms with E-state index in [-0.39, 0.29) is 31.0 Å². The van der Waals surface area contributed by atoms with E-state index >= 15 is 0 Å². The number of phenolic OH excluding ortho intramolecular Hbond substituents is 1. The van der Waals surface area contributed by atoms with Crippen molar-refractivity contribution in [3.8, 4) is 5.75 Å². The second-order valence-electron chi connectivity index (χ2n) is 10.7. The van der Waals surface area contributed by atoms with Crippen LogP contribution in [0.25, 0.3) is 0 Å². The number of aryl methyl sites for hydroxylation is 2. The molecule has 12 nitrogen and oxygen atoms in total. The maximum atomic E-state index is 13.4. The zero-order valence-corrected chi connectivity index (χ0v) is 23.9. The number of rotatable bonds is 11. The molecule has 0 bridgehead atoms. The molecule has 0 spiro atoms. The molecule has 5 N–H and O–H groups in total. The van der Waals surface area contributed by atoms with Gasteiger partial charge in [-0.1, -0.05) is 35.5 Å². The van der Waals surface area contributed by atoms with Crippen molar-refractivity contribution in [2.45, 2.75) is 71.6 Å². The molecule has 0 aliphatic rings. The smallest absolute Gasteiger partial charge is 0.407 e. The summed E-state index contributed by atoms with van der Waals surface area (Å²) in [5, 5.41) is 19.4. The van der Waals surface area contributed by atoms with Gasteiger partial charge in [0.1, 0.15) is 17.4 Å². The van der Waals surface area contributed by atoms with Gasteiger partial charge in [-0.25, -0.2) is 9.59 Å². The number of alkyl carbamates (subject to hydrolysis) is 1. The minimum absolute atomic E-state index is 0.0126. The lowest BCUT2D eigenvalue weighted by atomic mass is 9.96. The molecule has 2 atom stereocenters. The predicted octanol–water partition coefficient (Wildman–Crippen LogP) is 3.76. The van der Waals surface area contributed by atoms with Crippen molar-refractivity contribution in [2.75, 3.05) is 6.54 Å². The Bertz CT molecular complexity index is 1330. The van der Waals surface area contributed by atoms with Crippen molar-refractivity contribution >= 4 is 18.1 Å². The van der Waals surface area contributed by atoms with Gasteiger partial charge >= 0.3 is 12.2 Å². The van der Waals surface area contributed by atoms with E-state index in [1.807, 2.05) is 30.3 Å². The highest BCUT2D eigenvalue weighted by Crippen LogP contribution is 2.24. The highest BCUT2D eigenvalue weighted by molar-refractivity contribution is 5.84. The minimum Gasteiger partial charge on any atom is -0.508 e. The normalized spacial score (nSPS) is 12.7. The van der Waals surface area contributed by atoms with Crippen LogP contribution in [0.5, 0.6) is 5.75 Å². The van der Waals surface area contributed by atoms with Crippen LogP contribution >= 0.6 is 0 Å². The van der Waals surface area contributed by atoms with Crippen molar-refractivity contribution in [3.05, 3.63) is 76.4 Å². The number of benzene rings is 2. The zero-order valence-electron chi connectivity index (χ0n) is 23.9. The quantitative estimate of drug-likeness (QED) is 0.268. The van der Waals surface area contributed by atoms with Gasteiger partial charge in [-0.05, 0) is 75.4 Å². The third-order valence-corrected chi connectivity index (χ3v) is 6.03. The Morgan fingerprint density at radius 1 is 1.10 bits per heavy atom. The van der Waals surface area contributed by atoms with Gasteiger partial charge in [0.15, 0.2) is 11.9 Å². The number of hydrogen-bond acceptors (Lipinski definition) is 9. The summed E-state index contributed by atoms with van der Waals surface area (Å²) >= 11 is 0. The maximum absolute atomic E-state index is 13.4. The lowest BCUT2D eigenvalue weighted by Gasteiger charge is -2.23. The molecule has 3 rings (SSSR count). The Kier molecular flexibility index (Phi) is 10.3. The van der Waals surface area contributed by atoms with Crippen LogP contribution in [0.1, 0.15) is 67.2 Å². The van der Waals surface area contributed by atoms with Crippen LogP contribution in [0.4, 0.5) is 9.59 Å². The van der Waals surface area contributed by atoms with E-state index in [0.717, 1.165) is 11.1 Å². The number of nitrogens with one attached hydrogen (secondary N) is 2. The van der Waals surface area contributed by atoms with Gasteiger partial charge < -0.3 is 35.5 Å². The molecular formula is C29H37N5O7. The Labute approximate surface area is 238 Å². The van der Waals surface area contributed by atoms with Crippen LogP contribution < -0.4 is 16.4 Å². The molecule has 0 radical (unpaired) electrons. The number of amides is 3. The molecule has 12 heteroatoms. The number of aromatic nitrogens is 2. The maximum Gasteiger partial charge on any atom is 0.407 e. The summed E-state index contributed by atoms with van der Waals surface area (Å²) in [6, 6.07) is 11.8. The monoisotopic (exact) mass is 567 g/mol. The lowest BCUT2D eigenvalue weighted by Crippen LogP contribution is -2.43. The van der Waals surface area contributed by atoms with Gasteiger partial charge in [0.05, 0.1) is 0 Å². The van der Waals surface area contributed by atoms with E-state index in [2.05, 4.69) is 20.8 Å². The Morgan fingerprint density at radius 2 is 1.76 bits per heavy atom. The standard InChI is InChI=1S/C29H37N5O7/c1-17-13-20(35)14-18(2)21(17)16-23(39-27(30)37)25(36)32-22(11-12-31-28(38)40-29(3,4)5)26-33-24(34-41-26)15-19-9-7-6-8-10-19/h6-10,13-14,22-23,35H,11-12,15-16H2,1-5H3,(H2,30,37)(H,31,38)(H,32,36)/t22-,23-/m0/s1. The first-order valence-corrected chi connectivity index (χ1v) is 13.2. The number of carbonyl (C=O) groups is 3. The molecular weight excluding hydrogens is 530 g/mol. The molecule has 3 aromatic rings. The Balaban J connectivity index is 1.81. The molecule has 220 valence electrons. The number of primary amides is 1. The number of carbonyl (C=O) groups excluding carboxylic acids is 3. The second kappa shape index (κ2) is 13.6. The van der Waals surface area contributed by atoms with Gasteiger partial charge in [-0.3, -0.25) is 4.79 Å². The average Bonchev–Trinajstić information content (AvgIpc) is 3.32. The second-order valence-corrected chi connectivity index (χ2v) is 10.7. The van der Waals surface area contributed by atoms with Crippen LogP contribution in [-0.2, 0) is 27.1 Å². The highest BCUT2D eigenvalue weighted by atomic mass is 16.6. The van der Waals surface area contributed by atoms with E-state index in [9.17, 15) is 19.5 Å². The molecule has 1 aromatic heterocycles. The van der Waals surface area contributed by atoms with Crippen LogP contribution in [0.15, 0.2) is 47.0 Å². The lowest BCUT2D eigenvalue weighted by molar-refractivity contribution is -0.130. The Morgan fingerprint density at radius 3 is 2.37 bits per heavy atom. The van der Waals surface area contributed by atoms with Crippen molar-refractivity contribution in [3.63, 3.8) is 0 Å². The third-order valence-electron chi connectivity index (χ3n) is 6.03. The number of hydrogen-bond donors (Lipinski definition) is 4. The predicted molar refractivity (Wildman–Crippen MR) is 149 cm³/mol. The fourth-order valence-corrected chi connectivity index (χ4v) is 4.22. The summed E-state index contributed by atoms with van der Waals surface area (Å²) < 4.78 is 15.9.